The van der Waals surface area contributed by atoms with Crippen LogP contribution in [0.5, 0.6) is 5.75 Å². The number of para-hydroxylation sites is 2. The van der Waals surface area contributed by atoms with Crippen molar-refractivity contribution in [2.75, 3.05) is 17.3 Å². The summed E-state index contributed by atoms with van der Waals surface area (Å²) >= 11 is 0. The molecule has 12 heteroatoms. The van der Waals surface area contributed by atoms with E-state index in [1.165, 1.54) is 32.2 Å². The number of benzene rings is 3. The third-order valence-corrected chi connectivity index (χ3v) is 5.89. The van der Waals surface area contributed by atoms with Gasteiger partial charge in [0.15, 0.2) is 0 Å². The van der Waals surface area contributed by atoms with E-state index in [0.29, 0.717) is 0 Å². The Labute approximate surface area is 187 Å². The summed E-state index contributed by atoms with van der Waals surface area (Å²) in [7, 11) is -3.02. The third kappa shape index (κ3) is 5.23. The Kier molecular flexibility index (Phi) is 6.87. The predicted octanol–water partition coefficient (Wildman–Crippen LogP) is 4.52. The fraction of sp³-hybridized carbons (Fsp3) is 0.0952. The van der Waals surface area contributed by atoms with Crippen LogP contribution < -0.4 is 14.9 Å². The summed E-state index contributed by atoms with van der Waals surface area (Å²) < 4.78 is 61.6. The second-order valence-electron chi connectivity index (χ2n) is 6.65. The van der Waals surface area contributed by atoms with Crippen LogP contribution in [0.1, 0.15) is 12.5 Å². The Morgan fingerprint density at radius 3 is 2.33 bits per heavy atom. The molecule has 0 unspecified atom stereocenters. The van der Waals surface area contributed by atoms with Crippen molar-refractivity contribution < 1.29 is 26.9 Å². The minimum absolute atomic E-state index is 0.102. The van der Waals surface area contributed by atoms with Crippen molar-refractivity contribution in [1.82, 2.24) is 0 Å². The fourth-order valence-corrected chi connectivity index (χ4v) is 4.16. The lowest BCUT2D eigenvalue weighted by atomic mass is 10.1. The van der Waals surface area contributed by atoms with E-state index in [9.17, 15) is 27.3 Å². The lowest BCUT2D eigenvalue weighted by molar-refractivity contribution is -0.385. The van der Waals surface area contributed by atoms with Gasteiger partial charge in [-0.3, -0.25) is 20.3 Å². The van der Waals surface area contributed by atoms with Crippen LogP contribution in [0.3, 0.4) is 0 Å². The van der Waals surface area contributed by atoms with Crippen molar-refractivity contribution in [3.63, 3.8) is 0 Å². The Bertz CT molecular complexity index is 1330. The molecule has 3 rings (SSSR count). The number of sulfonamides is 1. The molecule has 33 heavy (non-hydrogen) atoms. The van der Waals surface area contributed by atoms with Crippen molar-refractivity contribution in [3.05, 3.63) is 88.0 Å². The molecule has 9 nitrogen and oxygen atoms in total. The highest BCUT2D eigenvalue weighted by Crippen LogP contribution is 2.31. The number of hydrazone groups is 1. The normalized spacial score (nSPS) is 11.7. The Hall–Kier alpha value is -4.06. The first-order chi connectivity index (χ1) is 15.6. The number of nitrogens with zero attached hydrogens (tertiary/aromatic N) is 2. The second kappa shape index (κ2) is 9.61. The zero-order valence-electron chi connectivity index (χ0n) is 17.4. The number of halogens is 2. The molecule has 0 saturated carbocycles. The number of nitrogens with one attached hydrogen (secondary N) is 2. The molecular formula is C21H18F2N4O5S. The molecule has 3 aromatic rings. The highest BCUT2D eigenvalue weighted by molar-refractivity contribution is 7.93. The van der Waals surface area contributed by atoms with Crippen LogP contribution in [0.4, 0.5) is 25.8 Å². The number of anilines is 2. The molecule has 0 spiro atoms. The minimum atomic E-state index is -4.38. The lowest BCUT2D eigenvalue weighted by Crippen LogP contribution is -2.16. The monoisotopic (exact) mass is 476 g/mol. The van der Waals surface area contributed by atoms with Gasteiger partial charge >= 0.3 is 0 Å². The van der Waals surface area contributed by atoms with Crippen LogP contribution in [-0.2, 0) is 10.0 Å². The molecule has 0 fully saturated rings. The van der Waals surface area contributed by atoms with Gasteiger partial charge in [-0.2, -0.15) is 5.10 Å². The van der Waals surface area contributed by atoms with Crippen LogP contribution in [0.25, 0.3) is 0 Å². The van der Waals surface area contributed by atoms with E-state index in [-0.39, 0.29) is 22.8 Å². The van der Waals surface area contributed by atoms with Gasteiger partial charge in [0.1, 0.15) is 22.3 Å². The van der Waals surface area contributed by atoms with Crippen LogP contribution in [0, 0.1) is 21.7 Å². The highest BCUT2D eigenvalue weighted by atomic mass is 32.2. The zero-order chi connectivity index (χ0) is 24.2. The van der Waals surface area contributed by atoms with Crippen molar-refractivity contribution in [2.45, 2.75) is 11.8 Å². The summed E-state index contributed by atoms with van der Waals surface area (Å²) in [6.07, 6.45) is 0. The van der Waals surface area contributed by atoms with Crippen LogP contribution >= 0.6 is 0 Å². The first-order valence-electron chi connectivity index (χ1n) is 9.33. The molecule has 0 aliphatic rings. The average molecular weight is 476 g/mol. The third-order valence-electron chi connectivity index (χ3n) is 4.49. The van der Waals surface area contributed by atoms with Gasteiger partial charge in [-0.05, 0) is 37.3 Å². The summed E-state index contributed by atoms with van der Waals surface area (Å²) in [6, 6.07) is 12.5. The predicted molar refractivity (Wildman–Crippen MR) is 119 cm³/mol. The second-order valence-corrected chi connectivity index (χ2v) is 8.30. The Morgan fingerprint density at radius 1 is 1.03 bits per heavy atom. The van der Waals surface area contributed by atoms with Crippen molar-refractivity contribution in [3.8, 4) is 5.75 Å². The highest BCUT2D eigenvalue weighted by Gasteiger charge is 2.24. The number of rotatable bonds is 8. The number of nitro benzene ring substituents is 1. The maximum Gasteiger partial charge on any atom is 0.270 e. The molecular weight excluding hydrogens is 458 g/mol. The Balaban J connectivity index is 2.04. The molecule has 0 atom stereocenters. The Morgan fingerprint density at radius 2 is 1.70 bits per heavy atom. The van der Waals surface area contributed by atoms with Gasteiger partial charge in [-0.15, -0.1) is 0 Å². The van der Waals surface area contributed by atoms with E-state index < -0.39 is 42.7 Å². The summed E-state index contributed by atoms with van der Waals surface area (Å²) in [5, 5.41) is 15.1. The number of hydrogen-bond acceptors (Lipinski definition) is 7. The largest absolute Gasteiger partial charge is 0.495 e. The van der Waals surface area contributed by atoms with Crippen LogP contribution in [0.2, 0.25) is 0 Å². The maximum absolute atomic E-state index is 14.0. The van der Waals surface area contributed by atoms with Crippen molar-refractivity contribution >= 4 is 32.8 Å². The van der Waals surface area contributed by atoms with Crippen LogP contribution in [0.15, 0.2) is 70.7 Å². The minimum Gasteiger partial charge on any atom is -0.495 e. The molecule has 0 saturated heterocycles. The van der Waals surface area contributed by atoms with Gasteiger partial charge in [0, 0.05) is 12.1 Å². The molecule has 3 aromatic carbocycles. The molecule has 2 N–H and O–H groups in total. The molecule has 0 aliphatic heterocycles. The van der Waals surface area contributed by atoms with Gasteiger partial charge < -0.3 is 4.74 Å². The molecule has 0 radical (unpaired) electrons. The van der Waals surface area contributed by atoms with Gasteiger partial charge in [0.2, 0.25) is 0 Å². The summed E-state index contributed by atoms with van der Waals surface area (Å²) in [4.78, 5) is 9.95. The number of nitro groups is 1. The van der Waals surface area contributed by atoms with E-state index in [1.807, 2.05) is 0 Å². The standard InChI is InChI=1S/C21H18F2N4O5S/c1-13(21-15(22)6-5-7-16(21)23)24-25-18-11-10-14(27(28)29)12-20(18)33(30,31)26-17-8-3-4-9-19(17)32-2/h3-12,25-26H,1-2H3/b24-13-. The summed E-state index contributed by atoms with van der Waals surface area (Å²) in [5.41, 5.74) is 1.39. The smallest absolute Gasteiger partial charge is 0.270 e. The number of hydrogen-bond donors (Lipinski definition) is 2. The molecule has 0 aliphatic carbocycles. The van der Waals surface area contributed by atoms with E-state index in [1.54, 1.807) is 12.1 Å². The SMILES string of the molecule is COc1ccccc1NS(=O)(=O)c1cc([N+](=O)[O-])ccc1N/N=C(/C)c1c(F)cccc1F. The quantitative estimate of drug-likeness (QED) is 0.280. The van der Waals surface area contributed by atoms with Crippen molar-refractivity contribution in [1.29, 1.82) is 0 Å². The first-order valence-corrected chi connectivity index (χ1v) is 10.8. The summed E-state index contributed by atoms with van der Waals surface area (Å²) in [5.74, 6) is -1.48. The fourth-order valence-electron chi connectivity index (χ4n) is 2.91. The lowest BCUT2D eigenvalue weighted by Gasteiger charge is -2.14. The number of ether oxygens (including phenoxy) is 1. The maximum atomic E-state index is 14.0. The van der Waals surface area contributed by atoms with Crippen LogP contribution in [-0.4, -0.2) is 26.2 Å². The van der Waals surface area contributed by atoms with E-state index in [0.717, 1.165) is 30.3 Å². The molecule has 0 aromatic heterocycles. The van der Waals surface area contributed by atoms with Gasteiger partial charge in [-0.1, -0.05) is 18.2 Å². The first kappa shape index (κ1) is 23.6. The number of non-ortho nitro benzene ring substituents is 1. The molecule has 0 heterocycles. The average Bonchev–Trinajstić information content (AvgIpc) is 2.77. The van der Waals surface area contributed by atoms with Gasteiger partial charge in [-0.25, -0.2) is 17.2 Å². The van der Waals surface area contributed by atoms with E-state index >= 15 is 0 Å². The topological polar surface area (TPSA) is 123 Å². The van der Waals surface area contributed by atoms with Gasteiger partial charge in [0.25, 0.3) is 15.7 Å². The van der Waals surface area contributed by atoms with E-state index in [2.05, 4.69) is 15.2 Å². The molecule has 0 bridgehead atoms. The van der Waals surface area contributed by atoms with E-state index in [4.69, 9.17) is 4.74 Å². The summed E-state index contributed by atoms with van der Waals surface area (Å²) in [6.45, 7) is 1.32. The molecule has 0 amide bonds. The van der Waals surface area contributed by atoms with Gasteiger partial charge in [0.05, 0.1) is 34.7 Å². The number of methoxy groups -OCH3 is 1. The van der Waals surface area contributed by atoms with Crippen molar-refractivity contribution in [2.24, 2.45) is 5.10 Å². The zero-order valence-corrected chi connectivity index (χ0v) is 18.2. The molecule has 172 valence electrons.